The molecule has 0 aliphatic carbocycles. The van der Waals surface area contributed by atoms with Gasteiger partial charge >= 0.3 is 12.1 Å². The van der Waals surface area contributed by atoms with E-state index < -0.39 is 28.1 Å². The van der Waals surface area contributed by atoms with Gasteiger partial charge in [-0.15, -0.1) is 21.5 Å². The molecule has 3 rings (SSSR count). The zero-order valence-electron chi connectivity index (χ0n) is 14.0. The second-order valence-electron chi connectivity index (χ2n) is 5.85. The van der Waals surface area contributed by atoms with Gasteiger partial charge in [-0.05, 0) is 17.9 Å². The van der Waals surface area contributed by atoms with Gasteiger partial charge in [0.15, 0.2) is 0 Å². The first-order valence-electron chi connectivity index (χ1n) is 7.76. The summed E-state index contributed by atoms with van der Waals surface area (Å²) >= 11 is 0.924. The summed E-state index contributed by atoms with van der Waals surface area (Å²) in [6.45, 7) is -0.210. The van der Waals surface area contributed by atoms with Gasteiger partial charge in [0, 0.05) is 13.0 Å². The number of carbonyl (C=O) groups excluding carboxylic acids is 1. The second kappa shape index (κ2) is 7.20. The Morgan fingerprint density at radius 3 is 2.85 bits per heavy atom. The Morgan fingerprint density at radius 1 is 1.44 bits per heavy atom. The Morgan fingerprint density at radius 2 is 2.19 bits per heavy atom. The zero-order valence-corrected chi connectivity index (χ0v) is 15.6. The van der Waals surface area contributed by atoms with Gasteiger partial charge in [-0.2, -0.15) is 13.2 Å². The number of esters is 1. The van der Waals surface area contributed by atoms with E-state index in [0.717, 1.165) is 18.4 Å². The highest BCUT2D eigenvalue weighted by Gasteiger charge is 2.42. The van der Waals surface area contributed by atoms with Crippen molar-refractivity contribution in [2.75, 3.05) is 7.11 Å². The number of rotatable bonds is 5. The van der Waals surface area contributed by atoms with Crippen molar-refractivity contribution in [2.24, 2.45) is 5.92 Å². The fourth-order valence-electron chi connectivity index (χ4n) is 2.79. The number of carbonyl (C=O) groups is 1. The number of sulfonamides is 1. The number of alkyl halides is 3. The van der Waals surface area contributed by atoms with E-state index in [4.69, 9.17) is 0 Å². The molecule has 1 unspecified atom stereocenters. The van der Waals surface area contributed by atoms with Crippen molar-refractivity contribution in [1.29, 1.82) is 0 Å². The number of halogens is 3. The molecular weight excluding hydrogens is 409 g/mol. The van der Waals surface area contributed by atoms with E-state index >= 15 is 0 Å². The lowest BCUT2D eigenvalue weighted by Crippen LogP contribution is -2.32. The smallest absolute Gasteiger partial charge is 0.392 e. The number of aromatic nitrogens is 3. The molecular formula is C14H15F3N4O4S2. The Kier molecular flexibility index (Phi) is 5.27. The molecule has 0 saturated heterocycles. The zero-order chi connectivity index (χ0) is 19.8. The molecule has 0 radical (unpaired) electrons. The van der Waals surface area contributed by atoms with Crippen molar-refractivity contribution in [3.8, 4) is 0 Å². The molecule has 8 nitrogen and oxygen atoms in total. The van der Waals surface area contributed by atoms with E-state index in [0.29, 0.717) is 0 Å². The number of methoxy groups -OCH3 is 1. The summed E-state index contributed by atoms with van der Waals surface area (Å²) in [5, 5.41) is 8.99. The molecule has 0 saturated carbocycles. The molecule has 27 heavy (non-hydrogen) atoms. The first kappa shape index (κ1) is 19.8. The number of nitrogens with one attached hydrogen (secondary N) is 1. The summed E-state index contributed by atoms with van der Waals surface area (Å²) in [6.07, 6.45) is -4.71. The number of hydrogen-bond donors (Lipinski definition) is 1. The van der Waals surface area contributed by atoms with Crippen molar-refractivity contribution >= 4 is 27.3 Å². The summed E-state index contributed by atoms with van der Waals surface area (Å²) in [4.78, 5) is 11.4. The molecule has 0 bridgehead atoms. The van der Waals surface area contributed by atoms with Crippen LogP contribution in [-0.2, 0) is 34.3 Å². The van der Waals surface area contributed by atoms with Gasteiger partial charge in [-0.25, -0.2) is 17.9 Å². The third-order valence-electron chi connectivity index (χ3n) is 4.21. The standard InChI is InChI=1S/C14H15F3N4O4S2/c1-25-13(22)12-9(3-5-26-12)27(23,24)18-7-11-20-19-10-6-8(14(15,16)17)2-4-21(10)11/h3,5,8,18H,2,4,6-7H2,1H3. The Bertz CT molecular complexity index is 952. The lowest BCUT2D eigenvalue weighted by molar-refractivity contribution is -0.179. The van der Waals surface area contributed by atoms with E-state index in [1.807, 2.05) is 0 Å². The van der Waals surface area contributed by atoms with Crippen LogP contribution in [0.1, 0.15) is 27.7 Å². The molecule has 1 atom stereocenters. The molecule has 0 spiro atoms. The van der Waals surface area contributed by atoms with Crippen LogP contribution >= 0.6 is 11.3 Å². The maximum Gasteiger partial charge on any atom is 0.392 e. The van der Waals surface area contributed by atoms with E-state index in [1.165, 1.54) is 16.0 Å². The quantitative estimate of drug-likeness (QED) is 0.734. The van der Waals surface area contributed by atoms with Gasteiger partial charge in [0.25, 0.3) is 0 Å². The maximum atomic E-state index is 12.8. The Labute approximate surface area is 156 Å². The van der Waals surface area contributed by atoms with Crippen molar-refractivity contribution in [3.63, 3.8) is 0 Å². The van der Waals surface area contributed by atoms with Gasteiger partial charge < -0.3 is 9.30 Å². The topological polar surface area (TPSA) is 103 Å². The van der Waals surface area contributed by atoms with Crippen molar-refractivity contribution in [2.45, 2.75) is 37.0 Å². The number of nitrogens with zero attached hydrogens (tertiary/aromatic N) is 3. The van der Waals surface area contributed by atoms with Crippen LogP contribution in [-0.4, -0.2) is 42.4 Å². The predicted molar refractivity (Wildman–Crippen MR) is 87.6 cm³/mol. The molecule has 13 heteroatoms. The molecule has 1 aliphatic heterocycles. The van der Waals surface area contributed by atoms with Crippen molar-refractivity contribution < 1.29 is 31.1 Å². The van der Waals surface area contributed by atoms with Crippen molar-refractivity contribution in [3.05, 3.63) is 28.0 Å². The van der Waals surface area contributed by atoms with Crippen LogP contribution in [0.3, 0.4) is 0 Å². The Balaban J connectivity index is 1.74. The van der Waals surface area contributed by atoms with Crippen LogP contribution < -0.4 is 4.72 Å². The minimum Gasteiger partial charge on any atom is -0.465 e. The average molecular weight is 424 g/mol. The first-order valence-corrected chi connectivity index (χ1v) is 10.1. The highest BCUT2D eigenvalue weighted by molar-refractivity contribution is 7.89. The molecule has 2 aromatic rings. The first-order chi connectivity index (χ1) is 12.6. The predicted octanol–water partition coefficient (Wildman–Crippen LogP) is 1.73. The Hall–Kier alpha value is -1.99. The van der Waals surface area contributed by atoms with Crippen LogP contribution in [0, 0.1) is 5.92 Å². The van der Waals surface area contributed by atoms with E-state index in [1.54, 1.807) is 0 Å². The SMILES string of the molecule is COC(=O)c1sccc1S(=O)(=O)NCc1nnc2n1CCC(C(F)(F)F)C2. The highest BCUT2D eigenvalue weighted by Crippen LogP contribution is 2.34. The number of thiophene rings is 1. The maximum absolute atomic E-state index is 12.8. The molecule has 0 aromatic carbocycles. The van der Waals surface area contributed by atoms with Crippen LogP contribution in [0.2, 0.25) is 0 Å². The molecule has 148 valence electrons. The summed E-state index contributed by atoms with van der Waals surface area (Å²) in [5.41, 5.74) is 0. The van der Waals surface area contributed by atoms with Crippen LogP contribution in [0.4, 0.5) is 13.2 Å². The largest absolute Gasteiger partial charge is 0.465 e. The van der Waals surface area contributed by atoms with Crippen LogP contribution in [0.15, 0.2) is 16.3 Å². The number of ether oxygens (including phenoxy) is 1. The molecule has 0 fully saturated rings. The summed E-state index contributed by atoms with van der Waals surface area (Å²) in [5.74, 6) is -1.87. The van der Waals surface area contributed by atoms with E-state index in [9.17, 15) is 26.4 Å². The number of fused-ring (bicyclic) bond motifs is 1. The van der Waals surface area contributed by atoms with E-state index in [2.05, 4.69) is 19.7 Å². The van der Waals surface area contributed by atoms with Gasteiger partial charge in [0.2, 0.25) is 10.0 Å². The summed E-state index contributed by atoms with van der Waals surface area (Å²) in [6, 6.07) is 1.27. The van der Waals surface area contributed by atoms with Gasteiger partial charge in [-0.1, -0.05) is 0 Å². The van der Waals surface area contributed by atoms with Gasteiger partial charge in [0.1, 0.15) is 21.4 Å². The second-order valence-corrected chi connectivity index (χ2v) is 8.50. The molecule has 3 heterocycles. The van der Waals surface area contributed by atoms with Gasteiger partial charge in [-0.3, -0.25) is 0 Å². The fourth-order valence-corrected chi connectivity index (χ4v) is 5.10. The van der Waals surface area contributed by atoms with Crippen LogP contribution in [0.25, 0.3) is 0 Å². The molecule has 1 aliphatic rings. The molecule has 1 N–H and O–H groups in total. The van der Waals surface area contributed by atoms with E-state index in [-0.39, 0.29) is 47.4 Å². The minimum absolute atomic E-state index is 0.0510. The lowest BCUT2D eigenvalue weighted by atomic mass is 9.97. The normalized spacial score (nSPS) is 17.6. The summed E-state index contributed by atoms with van der Waals surface area (Å²) in [7, 11) is -2.90. The minimum atomic E-state index is -4.30. The third-order valence-corrected chi connectivity index (χ3v) is 6.67. The number of hydrogen-bond acceptors (Lipinski definition) is 7. The highest BCUT2D eigenvalue weighted by atomic mass is 32.2. The summed E-state index contributed by atoms with van der Waals surface area (Å²) < 4.78 is 71.8. The van der Waals surface area contributed by atoms with Crippen molar-refractivity contribution in [1.82, 2.24) is 19.5 Å². The monoisotopic (exact) mass is 424 g/mol. The molecule has 0 amide bonds. The average Bonchev–Trinajstić information content (AvgIpc) is 3.25. The van der Waals surface area contributed by atoms with Gasteiger partial charge in [0.05, 0.1) is 19.6 Å². The van der Waals surface area contributed by atoms with Crippen LogP contribution in [0.5, 0.6) is 0 Å². The molecule has 2 aromatic heterocycles. The lowest BCUT2D eigenvalue weighted by Gasteiger charge is -2.25. The fraction of sp³-hybridized carbons (Fsp3) is 0.500. The third kappa shape index (κ3) is 3.99.